The first-order valence-corrected chi connectivity index (χ1v) is 7.35. The summed E-state index contributed by atoms with van der Waals surface area (Å²) in [4.78, 5) is 8.44. The second kappa shape index (κ2) is 6.54. The maximum atomic E-state index is 11.0. The van der Waals surface area contributed by atoms with Crippen molar-refractivity contribution in [3.05, 3.63) is 11.9 Å². The second-order valence-electron chi connectivity index (χ2n) is 4.09. The summed E-state index contributed by atoms with van der Waals surface area (Å²) in [7, 11) is 1.06. The topological polar surface area (TPSA) is 66.9 Å². The smallest absolute Gasteiger partial charge is 0.135 e. The molecule has 0 amide bonds. The third kappa shape index (κ3) is 3.96. The Hall–Kier alpha value is -1.17. The van der Waals surface area contributed by atoms with Gasteiger partial charge in [0.05, 0.1) is 0 Å². The molecule has 5 nitrogen and oxygen atoms in total. The Morgan fingerprint density at radius 2 is 2.00 bits per heavy atom. The highest BCUT2D eigenvalue weighted by Gasteiger charge is 2.13. The van der Waals surface area contributed by atoms with Gasteiger partial charge in [0.2, 0.25) is 0 Å². The van der Waals surface area contributed by atoms with Crippen molar-refractivity contribution >= 4 is 22.4 Å². The molecule has 0 bridgehead atoms. The van der Waals surface area contributed by atoms with E-state index in [1.807, 2.05) is 7.05 Å². The van der Waals surface area contributed by atoms with Gasteiger partial charge in [-0.3, -0.25) is 4.21 Å². The van der Waals surface area contributed by atoms with Gasteiger partial charge in [-0.15, -0.1) is 0 Å². The third-order valence-corrected chi connectivity index (χ3v) is 3.16. The molecule has 1 aromatic rings. The van der Waals surface area contributed by atoms with Gasteiger partial charge >= 0.3 is 0 Å². The van der Waals surface area contributed by atoms with Gasteiger partial charge in [0.1, 0.15) is 18.0 Å². The van der Waals surface area contributed by atoms with Gasteiger partial charge in [0, 0.05) is 42.0 Å². The van der Waals surface area contributed by atoms with Crippen molar-refractivity contribution in [2.75, 3.05) is 36.2 Å². The molecule has 0 spiro atoms. The van der Waals surface area contributed by atoms with Gasteiger partial charge < -0.3 is 10.6 Å². The van der Waals surface area contributed by atoms with E-state index in [1.165, 1.54) is 6.33 Å². The average molecular weight is 256 g/mol. The van der Waals surface area contributed by atoms with Crippen molar-refractivity contribution < 1.29 is 4.21 Å². The highest BCUT2D eigenvalue weighted by Crippen LogP contribution is 2.27. The Balaban J connectivity index is 2.86. The first-order valence-electron chi connectivity index (χ1n) is 5.62. The zero-order valence-electron chi connectivity index (χ0n) is 10.8. The van der Waals surface area contributed by atoms with Crippen LogP contribution in [0.4, 0.5) is 11.6 Å². The Labute approximate surface area is 105 Å². The van der Waals surface area contributed by atoms with Crippen LogP contribution in [0.3, 0.4) is 0 Å². The molecular weight excluding hydrogens is 236 g/mol. The van der Waals surface area contributed by atoms with E-state index in [9.17, 15) is 4.21 Å². The van der Waals surface area contributed by atoms with Gasteiger partial charge in [-0.25, -0.2) is 9.97 Å². The summed E-state index contributed by atoms with van der Waals surface area (Å²) in [5.41, 5.74) is 1.07. The van der Waals surface area contributed by atoms with Crippen LogP contribution in [0.1, 0.15) is 25.3 Å². The second-order valence-corrected chi connectivity index (χ2v) is 5.65. The Morgan fingerprint density at radius 3 is 2.53 bits per heavy atom. The quantitative estimate of drug-likeness (QED) is 0.806. The molecule has 17 heavy (non-hydrogen) atoms. The van der Waals surface area contributed by atoms with Crippen molar-refractivity contribution in [1.29, 1.82) is 0 Å². The number of anilines is 2. The minimum absolute atomic E-state index is 0.327. The lowest BCUT2D eigenvalue weighted by Gasteiger charge is -2.16. The van der Waals surface area contributed by atoms with E-state index in [2.05, 4.69) is 34.4 Å². The minimum Gasteiger partial charge on any atom is -0.373 e. The number of nitrogens with one attached hydrogen (secondary N) is 2. The number of aromatic nitrogens is 2. The summed E-state index contributed by atoms with van der Waals surface area (Å²) < 4.78 is 11.0. The zero-order chi connectivity index (χ0) is 12.8. The fourth-order valence-corrected chi connectivity index (χ4v) is 1.99. The summed E-state index contributed by atoms with van der Waals surface area (Å²) >= 11 is 0. The predicted octanol–water partition coefficient (Wildman–Crippen LogP) is 1.43. The largest absolute Gasteiger partial charge is 0.373 e. The summed E-state index contributed by atoms with van der Waals surface area (Å²) in [5.74, 6) is 2.62. The van der Waals surface area contributed by atoms with E-state index in [0.717, 1.165) is 17.2 Å². The van der Waals surface area contributed by atoms with E-state index in [1.54, 1.807) is 6.26 Å². The molecule has 1 heterocycles. The van der Waals surface area contributed by atoms with E-state index in [-0.39, 0.29) is 0 Å². The Kier molecular flexibility index (Phi) is 5.34. The maximum absolute atomic E-state index is 11.0. The van der Waals surface area contributed by atoms with Crippen LogP contribution < -0.4 is 10.6 Å². The fraction of sp³-hybridized carbons (Fsp3) is 0.636. The van der Waals surface area contributed by atoms with Crippen LogP contribution in [0.2, 0.25) is 0 Å². The van der Waals surface area contributed by atoms with Crippen LogP contribution in [0, 0.1) is 0 Å². The van der Waals surface area contributed by atoms with Crippen LogP contribution in [0.15, 0.2) is 6.33 Å². The van der Waals surface area contributed by atoms with Crippen molar-refractivity contribution in [1.82, 2.24) is 9.97 Å². The molecule has 0 aliphatic heterocycles. The SMILES string of the molecule is CNc1ncnc(NCCS(C)=O)c1C(C)C. The normalized spacial score (nSPS) is 12.5. The monoisotopic (exact) mass is 256 g/mol. The molecule has 1 aromatic heterocycles. The number of hydrogen-bond donors (Lipinski definition) is 2. The maximum Gasteiger partial charge on any atom is 0.135 e. The van der Waals surface area contributed by atoms with Gasteiger partial charge in [0.25, 0.3) is 0 Å². The van der Waals surface area contributed by atoms with Crippen molar-refractivity contribution in [2.24, 2.45) is 0 Å². The first-order chi connectivity index (χ1) is 8.06. The molecule has 0 aliphatic rings. The molecule has 0 aromatic carbocycles. The lowest BCUT2D eigenvalue weighted by molar-refractivity contribution is 0.687. The standard InChI is InChI=1S/C11H20N4OS/c1-8(2)9-10(12-3)14-7-15-11(9)13-5-6-17(4)16/h7-8H,5-6H2,1-4H3,(H2,12,13,14,15). The lowest BCUT2D eigenvalue weighted by atomic mass is 10.0. The van der Waals surface area contributed by atoms with Crippen molar-refractivity contribution in [2.45, 2.75) is 19.8 Å². The van der Waals surface area contributed by atoms with Crippen LogP contribution in [0.5, 0.6) is 0 Å². The molecule has 96 valence electrons. The Bertz CT molecular complexity index is 395. The molecule has 2 N–H and O–H groups in total. The van der Waals surface area contributed by atoms with E-state index in [0.29, 0.717) is 18.2 Å². The van der Waals surface area contributed by atoms with Crippen LogP contribution in [-0.2, 0) is 10.8 Å². The molecule has 0 aliphatic carbocycles. The average Bonchev–Trinajstić information content (AvgIpc) is 2.27. The van der Waals surface area contributed by atoms with Gasteiger partial charge in [-0.2, -0.15) is 0 Å². The Morgan fingerprint density at radius 1 is 1.35 bits per heavy atom. The van der Waals surface area contributed by atoms with Gasteiger partial charge in [-0.05, 0) is 5.92 Å². The molecule has 1 atom stereocenters. The summed E-state index contributed by atoms with van der Waals surface area (Å²) in [6.45, 7) is 4.86. The van der Waals surface area contributed by atoms with Gasteiger partial charge in [-0.1, -0.05) is 13.8 Å². The molecule has 1 unspecified atom stereocenters. The number of nitrogens with zero attached hydrogens (tertiary/aromatic N) is 2. The molecular formula is C11H20N4OS. The summed E-state index contributed by atoms with van der Waals surface area (Å²) in [6.07, 6.45) is 3.23. The van der Waals surface area contributed by atoms with Crippen LogP contribution in [-0.4, -0.2) is 39.8 Å². The van der Waals surface area contributed by atoms with E-state index in [4.69, 9.17) is 0 Å². The molecule has 0 radical (unpaired) electrons. The summed E-state index contributed by atoms with van der Waals surface area (Å²) in [5, 5.41) is 6.28. The highest BCUT2D eigenvalue weighted by atomic mass is 32.2. The van der Waals surface area contributed by atoms with Gasteiger partial charge in [0.15, 0.2) is 0 Å². The fourth-order valence-electron chi connectivity index (χ4n) is 1.60. The lowest BCUT2D eigenvalue weighted by Crippen LogP contribution is -2.14. The van der Waals surface area contributed by atoms with E-state index >= 15 is 0 Å². The first kappa shape index (κ1) is 13.9. The molecule has 1 rings (SSSR count). The summed E-state index contributed by atoms with van der Waals surface area (Å²) in [6, 6.07) is 0. The zero-order valence-corrected chi connectivity index (χ0v) is 11.6. The third-order valence-electron chi connectivity index (χ3n) is 2.38. The number of hydrogen-bond acceptors (Lipinski definition) is 5. The molecule has 0 saturated carbocycles. The van der Waals surface area contributed by atoms with E-state index < -0.39 is 10.8 Å². The molecule has 0 saturated heterocycles. The minimum atomic E-state index is -0.785. The predicted molar refractivity (Wildman–Crippen MR) is 73.1 cm³/mol. The number of rotatable bonds is 6. The molecule has 6 heteroatoms. The molecule has 0 fully saturated rings. The van der Waals surface area contributed by atoms with Crippen LogP contribution in [0.25, 0.3) is 0 Å². The van der Waals surface area contributed by atoms with Crippen molar-refractivity contribution in [3.8, 4) is 0 Å². The van der Waals surface area contributed by atoms with Crippen molar-refractivity contribution in [3.63, 3.8) is 0 Å². The highest BCUT2D eigenvalue weighted by molar-refractivity contribution is 7.84. The van der Waals surface area contributed by atoms with Crippen LogP contribution >= 0.6 is 0 Å².